The van der Waals surface area contributed by atoms with Crippen molar-refractivity contribution in [3.63, 3.8) is 0 Å². The van der Waals surface area contributed by atoms with Gasteiger partial charge in [-0.15, -0.1) is 0 Å². The van der Waals surface area contributed by atoms with Crippen molar-refractivity contribution in [1.82, 2.24) is 0 Å². The molecule has 2 aliphatic rings. The van der Waals surface area contributed by atoms with Crippen molar-refractivity contribution in [2.75, 3.05) is 0 Å². The van der Waals surface area contributed by atoms with Crippen LogP contribution in [0.4, 0.5) is 22.0 Å². The van der Waals surface area contributed by atoms with Gasteiger partial charge < -0.3 is 5.11 Å². The summed E-state index contributed by atoms with van der Waals surface area (Å²) in [7, 11) is -5.95. The SMILES string of the molecule is CC1(C)CCC(=O)[C@@H](c2ccc(S(=O)(=O)C(F)(F)F)c3c2CC(F)(F)[C@H]3O)C1. The van der Waals surface area contributed by atoms with Gasteiger partial charge in [-0.25, -0.2) is 17.2 Å². The monoisotopic (exact) mass is 426 g/mol. The molecule has 0 aromatic heterocycles. The molecule has 2 atom stereocenters. The average molecular weight is 426 g/mol. The maximum atomic E-state index is 14.2. The van der Waals surface area contributed by atoms with Crippen LogP contribution in [0, 0.1) is 5.41 Å². The number of hydrogen-bond donors (Lipinski definition) is 1. The summed E-state index contributed by atoms with van der Waals surface area (Å²) in [4.78, 5) is 11.0. The average Bonchev–Trinajstić information content (AvgIpc) is 2.78. The maximum absolute atomic E-state index is 14.2. The van der Waals surface area contributed by atoms with Crippen molar-refractivity contribution in [2.45, 2.75) is 67.9 Å². The Bertz CT molecular complexity index is 934. The molecule has 1 fully saturated rings. The van der Waals surface area contributed by atoms with Gasteiger partial charge in [-0.05, 0) is 35.4 Å². The first-order chi connectivity index (χ1) is 12.6. The van der Waals surface area contributed by atoms with E-state index in [9.17, 15) is 40.3 Å². The molecule has 156 valence electrons. The van der Waals surface area contributed by atoms with Crippen LogP contribution in [0.25, 0.3) is 0 Å². The number of ketones is 1. The van der Waals surface area contributed by atoms with Crippen LogP contribution < -0.4 is 0 Å². The second-order valence-corrected chi connectivity index (χ2v) is 10.1. The van der Waals surface area contributed by atoms with Crippen molar-refractivity contribution in [3.05, 3.63) is 28.8 Å². The number of Topliss-reactive ketones (excluding diaryl/α,β-unsaturated/α-hetero) is 1. The van der Waals surface area contributed by atoms with Gasteiger partial charge >= 0.3 is 5.51 Å². The number of halogens is 5. The zero-order valence-electron chi connectivity index (χ0n) is 15.1. The fourth-order valence-electron chi connectivity index (χ4n) is 4.07. The Morgan fingerprint density at radius 2 is 1.79 bits per heavy atom. The summed E-state index contributed by atoms with van der Waals surface area (Å²) in [5.41, 5.74) is -7.25. The predicted octanol–water partition coefficient (Wildman–Crippen LogP) is 4.07. The van der Waals surface area contributed by atoms with Gasteiger partial charge in [0.2, 0.25) is 0 Å². The molecule has 0 spiro atoms. The molecule has 4 nitrogen and oxygen atoms in total. The molecule has 0 saturated heterocycles. The molecule has 1 aromatic carbocycles. The Labute approximate surface area is 158 Å². The fourth-order valence-corrected chi connectivity index (χ4v) is 5.09. The molecule has 2 aliphatic carbocycles. The first-order valence-electron chi connectivity index (χ1n) is 8.64. The molecular weight excluding hydrogens is 407 g/mol. The van der Waals surface area contributed by atoms with Crippen molar-refractivity contribution >= 4 is 15.6 Å². The van der Waals surface area contributed by atoms with Gasteiger partial charge in [0, 0.05) is 24.3 Å². The first kappa shape index (κ1) is 21.2. The van der Waals surface area contributed by atoms with Gasteiger partial charge in [-0.2, -0.15) is 13.2 Å². The third-order valence-corrected chi connectivity index (χ3v) is 7.15. The van der Waals surface area contributed by atoms with E-state index in [0.717, 1.165) is 6.07 Å². The Kier molecular flexibility index (Phi) is 4.70. The number of sulfone groups is 1. The lowest BCUT2D eigenvalue weighted by Crippen LogP contribution is -2.29. The van der Waals surface area contributed by atoms with Crippen LogP contribution in [-0.2, 0) is 21.1 Å². The van der Waals surface area contributed by atoms with Gasteiger partial charge in [0.25, 0.3) is 15.8 Å². The molecule has 1 N–H and O–H groups in total. The highest BCUT2D eigenvalue weighted by Crippen LogP contribution is 2.52. The zero-order valence-corrected chi connectivity index (χ0v) is 15.9. The largest absolute Gasteiger partial charge is 0.501 e. The third-order valence-electron chi connectivity index (χ3n) is 5.60. The van der Waals surface area contributed by atoms with Crippen LogP contribution >= 0.6 is 0 Å². The number of carbonyl (C=O) groups excluding carboxylic acids is 1. The number of aliphatic hydroxyl groups is 1. The summed E-state index contributed by atoms with van der Waals surface area (Å²) in [6.45, 7) is 3.77. The lowest BCUT2D eigenvalue weighted by atomic mass is 9.68. The van der Waals surface area contributed by atoms with Crippen molar-refractivity contribution < 1.29 is 40.3 Å². The standard InChI is InChI=1S/C18H19F5O4S/c1-16(2)6-5-12(24)10(7-16)9-3-4-13(28(26,27)18(21,22)23)14-11(9)8-17(19,20)15(14)25/h3-4,10,15,25H,5-8H2,1-2H3/t10-,15+/m1/s1. The number of alkyl halides is 5. The van der Waals surface area contributed by atoms with Crippen LogP contribution in [0.3, 0.4) is 0 Å². The summed E-state index contributed by atoms with van der Waals surface area (Å²) < 4.78 is 91.2. The number of benzene rings is 1. The quantitative estimate of drug-likeness (QED) is 0.724. The van der Waals surface area contributed by atoms with E-state index in [1.807, 2.05) is 13.8 Å². The van der Waals surface area contributed by atoms with Crippen molar-refractivity contribution in [1.29, 1.82) is 0 Å². The first-order valence-corrected chi connectivity index (χ1v) is 10.1. The van der Waals surface area contributed by atoms with E-state index in [1.54, 1.807) is 0 Å². The van der Waals surface area contributed by atoms with Gasteiger partial charge in [0.05, 0.1) is 4.90 Å². The van der Waals surface area contributed by atoms with Gasteiger partial charge in [-0.3, -0.25) is 4.79 Å². The summed E-state index contributed by atoms with van der Waals surface area (Å²) >= 11 is 0. The van der Waals surface area contributed by atoms with E-state index in [2.05, 4.69) is 0 Å². The van der Waals surface area contributed by atoms with Crippen LogP contribution in [0.2, 0.25) is 0 Å². The number of fused-ring (bicyclic) bond motifs is 1. The molecule has 3 rings (SSSR count). The van der Waals surface area contributed by atoms with E-state index in [4.69, 9.17) is 0 Å². The molecular formula is C18H19F5O4S. The zero-order chi connectivity index (χ0) is 21.3. The smallest absolute Gasteiger partial charge is 0.382 e. The summed E-state index contributed by atoms with van der Waals surface area (Å²) in [5.74, 6) is -4.90. The fraction of sp³-hybridized carbons (Fsp3) is 0.611. The molecule has 0 heterocycles. The number of carbonyl (C=O) groups is 1. The lowest BCUT2D eigenvalue weighted by molar-refractivity contribution is -0.123. The summed E-state index contributed by atoms with van der Waals surface area (Å²) in [6.07, 6.45) is -2.74. The summed E-state index contributed by atoms with van der Waals surface area (Å²) in [5, 5.41) is 9.94. The van der Waals surface area contributed by atoms with E-state index in [1.165, 1.54) is 0 Å². The van der Waals surface area contributed by atoms with Crippen LogP contribution in [-0.4, -0.2) is 30.7 Å². The molecule has 0 aliphatic heterocycles. The Morgan fingerprint density at radius 3 is 2.36 bits per heavy atom. The topological polar surface area (TPSA) is 71.4 Å². The molecule has 28 heavy (non-hydrogen) atoms. The van der Waals surface area contributed by atoms with Gasteiger partial charge in [-0.1, -0.05) is 19.9 Å². The number of aliphatic hydroxyl groups excluding tert-OH is 1. The Balaban J connectivity index is 2.24. The molecule has 10 heteroatoms. The molecule has 0 amide bonds. The van der Waals surface area contributed by atoms with E-state index < -0.39 is 50.2 Å². The molecule has 0 bridgehead atoms. The van der Waals surface area contributed by atoms with Crippen LogP contribution in [0.15, 0.2) is 17.0 Å². The molecule has 0 radical (unpaired) electrons. The third kappa shape index (κ3) is 3.24. The van der Waals surface area contributed by atoms with Crippen LogP contribution in [0.1, 0.15) is 61.8 Å². The van der Waals surface area contributed by atoms with Crippen molar-refractivity contribution in [3.8, 4) is 0 Å². The Hall–Kier alpha value is -1.55. The molecule has 1 aromatic rings. The summed E-state index contributed by atoms with van der Waals surface area (Å²) in [6, 6.07) is 1.59. The van der Waals surface area contributed by atoms with Crippen LogP contribution in [0.5, 0.6) is 0 Å². The minimum atomic E-state index is -5.95. The minimum Gasteiger partial charge on any atom is -0.382 e. The highest BCUT2D eigenvalue weighted by atomic mass is 32.2. The van der Waals surface area contributed by atoms with Crippen molar-refractivity contribution in [2.24, 2.45) is 5.41 Å². The molecule has 1 saturated carbocycles. The Morgan fingerprint density at radius 1 is 1.18 bits per heavy atom. The second-order valence-electron chi connectivity index (χ2n) is 8.22. The lowest BCUT2D eigenvalue weighted by Gasteiger charge is -2.35. The van der Waals surface area contributed by atoms with Gasteiger partial charge in [0.15, 0.2) is 0 Å². The normalized spacial score (nSPS) is 26.9. The maximum Gasteiger partial charge on any atom is 0.501 e. The number of rotatable bonds is 2. The second kappa shape index (κ2) is 6.22. The minimum absolute atomic E-state index is 0.0742. The van der Waals surface area contributed by atoms with Gasteiger partial charge in [0.1, 0.15) is 11.9 Å². The van der Waals surface area contributed by atoms with E-state index >= 15 is 0 Å². The van der Waals surface area contributed by atoms with E-state index in [0.29, 0.717) is 18.9 Å². The molecule has 0 unspecified atom stereocenters. The highest BCUT2D eigenvalue weighted by Gasteiger charge is 2.55. The van der Waals surface area contributed by atoms with E-state index in [-0.39, 0.29) is 28.7 Å². The highest BCUT2D eigenvalue weighted by molar-refractivity contribution is 7.92. The predicted molar refractivity (Wildman–Crippen MR) is 88.7 cm³/mol. The number of hydrogen-bond acceptors (Lipinski definition) is 4.